The van der Waals surface area contributed by atoms with Crippen molar-refractivity contribution in [2.24, 2.45) is 0 Å². The summed E-state index contributed by atoms with van der Waals surface area (Å²) in [5.74, 6) is 0.855. The molecular formula is C28H22FNO6. The molecule has 8 heteroatoms. The van der Waals surface area contributed by atoms with Gasteiger partial charge in [-0.05, 0) is 60.0 Å². The van der Waals surface area contributed by atoms with E-state index in [9.17, 15) is 14.0 Å². The van der Waals surface area contributed by atoms with Crippen LogP contribution < -0.4 is 19.6 Å². The van der Waals surface area contributed by atoms with Crippen LogP contribution in [0.1, 0.15) is 46.6 Å². The third-order valence-corrected chi connectivity index (χ3v) is 6.36. The van der Waals surface area contributed by atoms with Crippen molar-refractivity contribution < 1.29 is 27.8 Å². The van der Waals surface area contributed by atoms with Crippen LogP contribution in [0.25, 0.3) is 11.0 Å². The van der Waals surface area contributed by atoms with Crippen LogP contribution in [0.4, 0.5) is 4.39 Å². The van der Waals surface area contributed by atoms with Crippen LogP contribution >= 0.6 is 0 Å². The van der Waals surface area contributed by atoms with Gasteiger partial charge in [0.25, 0.3) is 5.91 Å². The molecule has 0 spiro atoms. The van der Waals surface area contributed by atoms with Gasteiger partial charge in [-0.3, -0.25) is 9.59 Å². The molecule has 0 radical (unpaired) electrons. The van der Waals surface area contributed by atoms with Crippen molar-refractivity contribution in [2.75, 3.05) is 13.4 Å². The molecule has 0 saturated carbocycles. The first kappa shape index (κ1) is 22.2. The fraction of sp³-hybridized carbons (Fsp3) is 0.214. The number of rotatable bonds is 6. The number of nitrogens with zero attached hydrogens (tertiary/aromatic N) is 1. The zero-order valence-corrected chi connectivity index (χ0v) is 19.5. The predicted molar refractivity (Wildman–Crippen MR) is 129 cm³/mol. The van der Waals surface area contributed by atoms with Crippen molar-refractivity contribution in [1.29, 1.82) is 0 Å². The highest BCUT2D eigenvalue weighted by molar-refractivity contribution is 5.99. The second kappa shape index (κ2) is 8.71. The fourth-order valence-corrected chi connectivity index (χ4v) is 4.73. The number of fused-ring (bicyclic) bond motifs is 3. The Morgan fingerprint density at radius 2 is 1.89 bits per heavy atom. The van der Waals surface area contributed by atoms with E-state index in [1.165, 1.54) is 12.1 Å². The van der Waals surface area contributed by atoms with E-state index in [1.54, 1.807) is 11.0 Å². The van der Waals surface area contributed by atoms with Gasteiger partial charge >= 0.3 is 0 Å². The summed E-state index contributed by atoms with van der Waals surface area (Å²) in [5, 5.41) is 0.0925. The minimum atomic E-state index is -0.744. The van der Waals surface area contributed by atoms with Crippen molar-refractivity contribution in [3.05, 3.63) is 99.2 Å². The molecule has 2 aliphatic rings. The van der Waals surface area contributed by atoms with Crippen molar-refractivity contribution in [3.63, 3.8) is 0 Å². The van der Waals surface area contributed by atoms with Gasteiger partial charge < -0.3 is 23.5 Å². The molecule has 6 rings (SSSR count). The first-order valence-corrected chi connectivity index (χ1v) is 11.7. The Labute approximate surface area is 205 Å². The summed E-state index contributed by atoms with van der Waals surface area (Å²) in [6, 6.07) is 15.7. The van der Waals surface area contributed by atoms with Gasteiger partial charge in [0, 0.05) is 6.54 Å². The number of halogens is 1. The predicted octanol–water partition coefficient (Wildman–Crippen LogP) is 5.20. The Morgan fingerprint density at radius 3 is 2.75 bits per heavy atom. The number of ether oxygens (including phenoxy) is 3. The summed E-state index contributed by atoms with van der Waals surface area (Å²) in [4.78, 5) is 28.9. The Balaban J connectivity index is 1.50. The lowest BCUT2D eigenvalue weighted by Crippen LogP contribution is -2.29. The molecule has 0 fully saturated rings. The number of carbonyl (C=O) groups is 1. The maximum absolute atomic E-state index is 14.0. The maximum Gasteiger partial charge on any atom is 0.291 e. The lowest BCUT2D eigenvalue weighted by atomic mass is 9.98. The number of hydrogen-bond donors (Lipinski definition) is 0. The average Bonchev–Trinajstić information content (AvgIpc) is 3.46. The van der Waals surface area contributed by atoms with Gasteiger partial charge in [-0.25, -0.2) is 4.39 Å². The smallest absolute Gasteiger partial charge is 0.291 e. The second-order valence-corrected chi connectivity index (χ2v) is 8.76. The van der Waals surface area contributed by atoms with Crippen LogP contribution in [0.2, 0.25) is 0 Å². The van der Waals surface area contributed by atoms with E-state index < -0.39 is 23.2 Å². The van der Waals surface area contributed by atoms with Crippen molar-refractivity contribution in [3.8, 4) is 17.2 Å². The number of amides is 1. The second-order valence-electron chi connectivity index (χ2n) is 8.76. The van der Waals surface area contributed by atoms with Crippen molar-refractivity contribution in [2.45, 2.75) is 25.9 Å². The maximum atomic E-state index is 14.0. The molecule has 3 aromatic carbocycles. The van der Waals surface area contributed by atoms with Crippen molar-refractivity contribution >= 4 is 16.9 Å². The lowest BCUT2D eigenvalue weighted by molar-refractivity contribution is 0.0714. The molecule has 1 atom stereocenters. The topological polar surface area (TPSA) is 78.2 Å². The SMILES string of the molecule is CCCOc1cccc([C@H]2c3c(oc4ccc(F)cc4c3=O)C(=O)N2Cc2ccc3c(c2)OCO3)c1. The zero-order chi connectivity index (χ0) is 24.8. The minimum Gasteiger partial charge on any atom is -0.494 e. The highest BCUT2D eigenvalue weighted by atomic mass is 19.1. The molecule has 36 heavy (non-hydrogen) atoms. The molecule has 0 bridgehead atoms. The Morgan fingerprint density at radius 1 is 1.03 bits per heavy atom. The van der Waals surface area contributed by atoms with Crippen LogP contribution in [0.3, 0.4) is 0 Å². The highest BCUT2D eigenvalue weighted by Crippen LogP contribution is 2.41. The largest absolute Gasteiger partial charge is 0.494 e. The van der Waals surface area contributed by atoms with E-state index in [4.69, 9.17) is 18.6 Å². The van der Waals surface area contributed by atoms with Crippen LogP contribution in [0.15, 0.2) is 69.9 Å². The van der Waals surface area contributed by atoms with Crippen molar-refractivity contribution in [1.82, 2.24) is 4.90 Å². The Bertz CT molecular complexity index is 1560. The van der Waals surface area contributed by atoms with E-state index in [-0.39, 0.29) is 35.6 Å². The normalized spacial score (nSPS) is 16.0. The molecule has 1 amide bonds. The van der Waals surface area contributed by atoms with Gasteiger partial charge in [0.05, 0.1) is 23.6 Å². The molecule has 1 aromatic heterocycles. The van der Waals surface area contributed by atoms with Gasteiger partial charge in [0.1, 0.15) is 17.1 Å². The van der Waals surface area contributed by atoms with Crippen LogP contribution in [-0.4, -0.2) is 24.2 Å². The molecule has 3 heterocycles. The monoisotopic (exact) mass is 487 g/mol. The van der Waals surface area contributed by atoms with Gasteiger partial charge in [0.15, 0.2) is 16.9 Å². The molecule has 4 aromatic rings. The van der Waals surface area contributed by atoms with Gasteiger partial charge in [0.2, 0.25) is 12.6 Å². The third kappa shape index (κ3) is 3.66. The summed E-state index contributed by atoms with van der Waals surface area (Å²) in [5.41, 5.74) is 1.41. The van der Waals surface area contributed by atoms with E-state index >= 15 is 0 Å². The Hall–Kier alpha value is -4.33. The van der Waals surface area contributed by atoms with Gasteiger partial charge in [-0.1, -0.05) is 25.1 Å². The molecule has 2 aliphatic heterocycles. The van der Waals surface area contributed by atoms with Gasteiger partial charge in [-0.2, -0.15) is 0 Å². The minimum absolute atomic E-state index is 0.0373. The molecular weight excluding hydrogens is 465 g/mol. The molecule has 0 saturated heterocycles. The highest BCUT2D eigenvalue weighted by Gasteiger charge is 2.43. The molecule has 7 nitrogen and oxygen atoms in total. The summed E-state index contributed by atoms with van der Waals surface area (Å²) in [7, 11) is 0. The fourth-order valence-electron chi connectivity index (χ4n) is 4.73. The van der Waals surface area contributed by atoms with Gasteiger partial charge in [-0.15, -0.1) is 0 Å². The summed E-state index contributed by atoms with van der Waals surface area (Å²) in [6.45, 7) is 2.88. The standard InChI is InChI=1S/C28H22FNO6/c1-2-10-33-19-5-3-4-17(12-19)25-24-26(31)20-13-18(29)7-9-21(20)36-27(24)28(32)30(25)14-16-6-8-22-23(11-16)35-15-34-22/h3-9,11-13,25H,2,10,14-15H2,1H3/t25-/m0/s1. The van der Waals surface area contributed by atoms with Crippen LogP contribution in [0, 0.1) is 5.82 Å². The Kier molecular flexibility index (Phi) is 5.36. The summed E-state index contributed by atoms with van der Waals surface area (Å²) >= 11 is 0. The first-order chi connectivity index (χ1) is 17.5. The van der Waals surface area contributed by atoms with Crippen LogP contribution in [-0.2, 0) is 6.54 Å². The van der Waals surface area contributed by atoms with E-state index in [0.29, 0.717) is 29.4 Å². The lowest BCUT2D eigenvalue weighted by Gasteiger charge is -2.25. The quantitative estimate of drug-likeness (QED) is 0.372. The molecule has 182 valence electrons. The van der Waals surface area contributed by atoms with E-state index in [1.807, 2.05) is 43.3 Å². The zero-order valence-electron chi connectivity index (χ0n) is 19.5. The third-order valence-electron chi connectivity index (χ3n) is 6.36. The summed E-state index contributed by atoms with van der Waals surface area (Å²) < 4.78 is 36.6. The first-order valence-electron chi connectivity index (χ1n) is 11.7. The van der Waals surface area contributed by atoms with Crippen LogP contribution in [0.5, 0.6) is 17.2 Å². The number of hydrogen-bond acceptors (Lipinski definition) is 6. The average molecular weight is 487 g/mol. The number of benzene rings is 3. The number of carbonyl (C=O) groups excluding carboxylic acids is 1. The van der Waals surface area contributed by atoms with E-state index in [2.05, 4.69) is 0 Å². The molecule has 0 aliphatic carbocycles. The molecule has 0 N–H and O–H groups in total. The summed E-state index contributed by atoms with van der Waals surface area (Å²) in [6.07, 6.45) is 0.840. The molecule has 0 unspecified atom stereocenters. The van der Waals surface area contributed by atoms with E-state index in [0.717, 1.165) is 18.1 Å².